The highest BCUT2D eigenvalue weighted by Gasteiger charge is 2.33. The Morgan fingerprint density at radius 1 is 1.14 bits per heavy atom. The average molecular weight is 328 g/mol. The number of nitrogens with zero attached hydrogens (tertiary/aromatic N) is 1. The van der Waals surface area contributed by atoms with Gasteiger partial charge in [0.05, 0.1) is 17.8 Å². The van der Waals surface area contributed by atoms with Crippen molar-refractivity contribution in [1.29, 1.82) is 0 Å². The molecule has 2 aromatic carbocycles. The minimum Gasteiger partial charge on any atom is -0.455 e. The Hall–Kier alpha value is -2.21. The Kier molecular flexibility index (Phi) is 3.48. The third-order valence-corrected chi connectivity index (χ3v) is 3.51. The number of anilines is 1. The summed E-state index contributed by atoms with van der Waals surface area (Å²) >= 11 is 5.54. The predicted molar refractivity (Wildman–Crippen MR) is 75.4 cm³/mol. The topological polar surface area (TPSA) is 29.5 Å². The first-order valence-corrected chi connectivity index (χ1v) is 6.68. The Morgan fingerprint density at radius 3 is 2.55 bits per heavy atom. The number of benzene rings is 2. The minimum atomic E-state index is -4.52. The predicted octanol–water partition coefficient (Wildman–Crippen LogP) is 5.18. The van der Waals surface area contributed by atoms with E-state index in [0.29, 0.717) is 11.3 Å². The van der Waals surface area contributed by atoms with Crippen molar-refractivity contribution in [1.82, 2.24) is 0 Å². The molecule has 114 valence electrons. The summed E-state index contributed by atoms with van der Waals surface area (Å²) in [7, 11) is 0. The molecular formula is C15H9ClF3NO2. The second-order valence-corrected chi connectivity index (χ2v) is 5.05. The van der Waals surface area contributed by atoms with Crippen LogP contribution in [0.2, 0.25) is 0 Å². The molecule has 1 aliphatic rings. The molecule has 2 aromatic rings. The molecule has 3 rings (SSSR count). The molecule has 22 heavy (non-hydrogen) atoms. The molecule has 0 aliphatic carbocycles. The molecule has 3 nitrogen and oxygen atoms in total. The van der Waals surface area contributed by atoms with Gasteiger partial charge in [-0.2, -0.15) is 13.2 Å². The van der Waals surface area contributed by atoms with Crippen molar-refractivity contribution in [3.8, 4) is 11.5 Å². The SMILES string of the molecule is O=C(Cl)N1Cc2ccccc2Oc2ccc(C(F)(F)F)cc21. The number of hydrogen-bond donors (Lipinski definition) is 0. The first kappa shape index (κ1) is 14.7. The lowest BCUT2D eigenvalue weighted by Gasteiger charge is -2.20. The highest BCUT2D eigenvalue weighted by molar-refractivity contribution is 6.66. The highest BCUT2D eigenvalue weighted by Crippen LogP contribution is 2.42. The van der Waals surface area contributed by atoms with Crippen molar-refractivity contribution in [3.05, 3.63) is 53.6 Å². The average Bonchev–Trinajstić information content (AvgIpc) is 2.61. The summed E-state index contributed by atoms with van der Waals surface area (Å²) in [6.45, 7) is 0.0345. The van der Waals surface area contributed by atoms with Gasteiger partial charge in [-0.05, 0) is 35.9 Å². The molecule has 1 heterocycles. The number of para-hydroxylation sites is 1. The van der Waals surface area contributed by atoms with E-state index in [4.69, 9.17) is 16.3 Å². The van der Waals surface area contributed by atoms with E-state index in [2.05, 4.69) is 0 Å². The van der Waals surface area contributed by atoms with Gasteiger partial charge in [-0.15, -0.1) is 0 Å². The number of rotatable bonds is 0. The van der Waals surface area contributed by atoms with Crippen LogP contribution in [0.15, 0.2) is 42.5 Å². The van der Waals surface area contributed by atoms with E-state index in [0.717, 1.165) is 17.0 Å². The van der Waals surface area contributed by atoms with Crippen molar-refractivity contribution in [3.63, 3.8) is 0 Å². The van der Waals surface area contributed by atoms with Gasteiger partial charge in [-0.25, -0.2) is 0 Å². The molecule has 0 saturated carbocycles. The Labute approximate surface area is 128 Å². The molecule has 0 atom stereocenters. The van der Waals surface area contributed by atoms with Gasteiger partial charge < -0.3 is 4.74 Å². The van der Waals surface area contributed by atoms with E-state index in [-0.39, 0.29) is 18.0 Å². The molecule has 0 aromatic heterocycles. The number of fused-ring (bicyclic) bond motifs is 2. The third-order valence-electron chi connectivity index (χ3n) is 3.31. The summed E-state index contributed by atoms with van der Waals surface area (Å²) in [5, 5.41) is -0.874. The maximum absolute atomic E-state index is 12.9. The number of amides is 1. The first-order valence-electron chi connectivity index (χ1n) is 6.30. The van der Waals surface area contributed by atoms with Gasteiger partial charge in [-0.3, -0.25) is 9.69 Å². The first-order chi connectivity index (χ1) is 10.4. The van der Waals surface area contributed by atoms with Crippen LogP contribution < -0.4 is 9.64 Å². The van der Waals surface area contributed by atoms with Crippen LogP contribution in [-0.2, 0) is 12.7 Å². The van der Waals surface area contributed by atoms with E-state index >= 15 is 0 Å². The number of ether oxygens (including phenoxy) is 1. The molecule has 1 amide bonds. The van der Waals surface area contributed by atoms with Crippen molar-refractivity contribution in [2.75, 3.05) is 4.90 Å². The molecule has 0 unspecified atom stereocenters. The van der Waals surface area contributed by atoms with Gasteiger partial charge in [0.1, 0.15) is 5.75 Å². The van der Waals surface area contributed by atoms with Gasteiger partial charge in [-0.1, -0.05) is 18.2 Å². The zero-order valence-electron chi connectivity index (χ0n) is 11.0. The number of carbonyl (C=O) groups is 1. The molecule has 1 aliphatic heterocycles. The molecular weight excluding hydrogens is 319 g/mol. The van der Waals surface area contributed by atoms with E-state index in [1.54, 1.807) is 24.3 Å². The van der Waals surface area contributed by atoms with Crippen LogP contribution in [0.25, 0.3) is 0 Å². The Morgan fingerprint density at radius 2 is 1.86 bits per heavy atom. The van der Waals surface area contributed by atoms with Crippen LogP contribution in [0.1, 0.15) is 11.1 Å². The van der Waals surface area contributed by atoms with Crippen LogP contribution in [-0.4, -0.2) is 5.37 Å². The fraction of sp³-hybridized carbons (Fsp3) is 0.133. The normalized spacial score (nSPS) is 13.7. The summed E-state index contributed by atoms with van der Waals surface area (Å²) < 4.78 is 44.3. The lowest BCUT2D eigenvalue weighted by Crippen LogP contribution is -2.24. The fourth-order valence-electron chi connectivity index (χ4n) is 2.26. The summed E-state index contributed by atoms with van der Waals surface area (Å²) in [6.07, 6.45) is -4.52. The number of alkyl halides is 3. The second-order valence-electron chi connectivity index (χ2n) is 4.73. The summed E-state index contributed by atoms with van der Waals surface area (Å²) in [4.78, 5) is 12.7. The Bertz CT molecular complexity index is 746. The molecule has 0 saturated heterocycles. The fourth-order valence-corrected chi connectivity index (χ4v) is 2.41. The van der Waals surface area contributed by atoms with Crippen LogP contribution in [0.3, 0.4) is 0 Å². The lowest BCUT2D eigenvalue weighted by molar-refractivity contribution is -0.137. The van der Waals surface area contributed by atoms with Crippen LogP contribution in [0.4, 0.5) is 23.7 Å². The quantitative estimate of drug-likeness (QED) is 0.493. The van der Waals surface area contributed by atoms with E-state index in [1.807, 2.05) is 0 Å². The summed E-state index contributed by atoms with van der Waals surface area (Å²) in [5.74, 6) is 0.621. The van der Waals surface area contributed by atoms with Gasteiger partial charge in [0.15, 0.2) is 5.75 Å². The van der Waals surface area contributed by atoms with Crippen molar-refractivity contribution in [2.24, 2.45) is 0 Å². The molecule has 0 spiro atoms. The maximum Gasteiger partial charge on any atom is 0.416 e. The molecule has 0 radical (unpaired) electrons. The van der Waals surface area contributed by atoms with Gasteiger partial charge >= 0.3 is 11.5 Å². The minimum absolute atomic E-state index is 0.00831. The number of halogens is 4. The summed E-state index contributed by atoms with van der Waals surface area (Å²) in [5.41, 5.74) is -0.226. The molecule has 0 bridgehead atoms. The van der Waals surface area contributed by atoms with Crippen molar-refractivity contribution < 1.29 is 22.7 Å². The van der Waals surface area contributed by atoms with Crippen molar-refractivity contribution in [2.45, 2.75) is 12.7 Å². The molecule has 7 heteroatoms. The third kappa shape index (κ3) is 2.62. The zero-order valence-corrected chi connectivity index (χ0v) is 11.8. The lowest BCUT2D eigenvalue weighted by atomic mass is 10.1. The maximum atomic E-state index is 12.9. The Balaban J connectivity index is 2.16. The van der Waals surface area contributed by atoms with Crippen LogP contribution in [0.5, 0.6) is 11.5 Å². The van der Waals surface area contributed by atoms with E-state index in [1.165, 1.54) is 6.07 Å². The zero-order chi connectivity index (χ0) is 15.9. The number of carbonyl (C=O) groups excluding carboxylic acids is 1. The smallest absolute Gasteiger partial charge is 0.416 e. The van der Waals surface area contributed by atoms with Crippen molar-refractivity contribution >= 4 is 22.7 Å². The van der Waals surface area contributed by atoms with Crippen LogP contribution >= 0.6 is 11.6 Å². The van der Waals surface area contributed by atoms with E-state index in [9.17, 15) is 18.0 Å². The monoisotopic (exact) mass is 327 g/mol. The van der Waals surface area contributed by atoms with Gasteiger partial charge in [0.2, 0.25) is 0 Å². The highest BCUT2D eigenvalue weighted by atomic mass is 35.5. The molecule has 0 fully saturated rings. The van der Waals surface area contributed by atoms with E-state index < -0.39 is 17.1 Å². The molecule has 0 N–H and O–H groups in total. The van der Waals surface area contributed by atoms with Crippen LogP contribution in [0, 0.1) is 0 Å². The second kappa shape index (κ2) is 5.21. The standard InChI is InChI=1S/C15H9ClF3NO2/c16-14(21)20-8-9-3-1-2-4-12(9)22-13-6-5-10(7-11(13)20)15(17,18)19/h1-7H,8H2. The van der Waals surface area contributed by atoms with Gasteiger partial charge in [0.25, 0.3) is 0 Å². The largest absolute Gasteiger partial charge is 0.455 e. The van der Waals surface area contributed by atoms with Gasteiger partial charge in [0, 0.05) is 5.56 Å². The summed E-state index contributed by atoms with van der Waals surface area (Å²) in [6, 6.07) is 9.84. The number of hydrogen-bond acceptors (Lipinski definition) is 2.